The summed E-state index contributed by atoms with van der Waals surface area (Å²) in [5, 5.41) is 3.65. The number of nitrogens with zero attached hydrogens (tertiary/aromatic N) is 1. The molecule has 0 radical (unpaired) electrons. The lowest BCUT2D eigenvalue weighted by Crippen LogP contribution is -2.48. The van der Waals surface area contributed by atoms with Gasteiger partial charge in [0.15, 0.2) is 0 Å². The molecule has 2 aromatic carbocycles. The van der Waals surface area contributed by atoms with Crippen molar-refractivity contribution in [2.45, 2.75) is 37.4 Å². The van der Waals surface area contributed by atoms with Crippen LogP contribution in [-0.2, 0) is 26.0 Å². The first kappa shape index (κ1) is 22.3. The zero-order valence-electron chi connectivity index (χ0n) is 18.2. The van der Waals surface area contributed by atoms with Crippen LogP contribution < -0.4 is 10.1 Å². The number of morpholine rings is 1. The van der Waals surface area contributed by atoms with E-state index in [2.05, 4.69) is 5.32 Å². The SMILES string of the molecule is COc1ccc2c(CC(=O)Nc3ccc(S(=O)(=O)N4C[C@@H](C)O[C@@H](C)C4)cc3)coc2c1. The van der Waals surface area contributed by atoms with E-state index in [1.54, 1.807) is 31.6 Å². The van der Waals surface area contributed by atoms with Crippen molar-refractivity contribution in [1.82, 2.24) is 4.31 Å². The van der Waals surface area contributed by atoms with E-state index >= 15 is 0 Å². The molecule has 0 aliphatic carbocycles. The first-order chi connectivity index (χ1) is 15.3. The molecule has 170 valence electrons. The number of anilines is 1. The Morgan fingerprint density at radius 2 is 1.81 bits per heavy atom. The van der Waals surface area contributed by atoms with Crippen LogP contribution in [0.4, 0.5) is 5.69 Å². The molecular formula is C23H26N2O6S. The van der Waals surface area contributed by atoms with Gasteiger partial charge < -0.3 is 19.2 Å². The highest BCUT2D eigenvalue weighted by Gasteiger charge is 2.32. The molecule has 1 aliphatic rings. The fourth-order valence-corrected chi connectivity index (χ4v) is 5.48. The largest absolute Gasteiger partial charge is 0.497 e. The molecule has 0 unspecified atom stereocenters. The lowest BCUT2D eigenvalue weighted by molar-refractivity contribution is -0.115. The number of fused-ring (bicyclic) bond motifs is 1. The summed E-state index contributed by atoms with van der Waals surface area (Å²) in [6.07, 6.45) is 1.37. The van der Waals surface area contributed by atoms with Crippen LogP contribution >= 0.6 is 0 Å². The van der Waals surface area contributed by atoms with Crippen molar-refractivity contribution in [2.24, 2.45) is 0 Å². The number of furan rings is 1. The van der Waals surface area contributed by atoms with Gasteiger partial charge >= 0.3 is 0 Å². The molecule has 3 aromatic rings. The van der Waals surface area contributed by atoms with E-state index in [-0.39, 0.29) is 29.4 Å². The number of carbonyl (C=O) groups excluding carboxylic acids is 1. The maximum Gasteiger partial charge on any atom is 0.243 e. The van der Waals surface area contributed by atoms with E-state index in [0.29, 0.717) is 30.1 Å². The summed E-state index contributed by atoms with van der Waals surface area (Å²) in [4.78, 5) is 12.7. The minimum absolute atomic E-state index is 0.128. The first-order valence-corrected chi connectivity index (χ1v) is 11.8. The van der Waals surface area contributed by atoms with E-state index in [9.17, 15) is 13.2 Å². The average Bonchev–Trinajstić information content (AvgIpc) is 3.15. The maximum atomic E-state index is 13.0. The molecule has 2 heterocycles. The lowest BCUT2D eigenvalue weighted by atomic mass is 10.1. The fourth-order valence-electron chi connectivity index (χ4n) is 3.89. The van der Waals surface area contributed by atoms with Gasteiger partial charge in [-0.15, -0.1) is 0 Å². The summed E-state index contributed by atoms with van der Waals surface area (Å²) in [7, 11) is -2.05. The average molecular weight is 459 g/mol. The molecule has 1 N–H and O–H groups in total. The van der Waals surface area contributed by atoms with Crippen LogP contribution in [0.25, 0.3) is 11.0 Å². The normalized spacial score (nSPS) is 19.7. The molecule has 1 aliphatic heterocycles. The number of carbonyl (C=O) groups is 1. The molecule has 9 heteroatoms. The number of methoxy groups -OCH3 is 1. The standard InChI is InChI=1S/C23H26N2O6S/c1-15-12-25(13-16(2)31-15)32(27,28)20-7-4-18(5-8-20)24-23(26)10-17-14-30-22-11-19(29-3)6-9-21(17)22/h4-9,11,14-16H,10,12-13H2,1-3H3,(H,24,26)/t15-,16+. The van der Waals surface area contributed by atoms with Crippen LogP contribution in [0, 0.1) is 0 Å². The number of ether oxygens (including phenoxy) is 2. The Balaban J connectivity index is 1.43. The summed E-state index contributed by atoms with van der Waals surface area (Å²) in [6, 6.07) is 11.6. The van der Waals surface area contributed by atoms with Crippen molar-refractivity contribution in [3.05, 3.63) is 54.3 Å². The molecule has 0 bridgehead atoms. The second-order valence-electron chi connectivity index (χ2n) is 7.95. The highest BCUT2D eigenvalue weighted by molar-refractivity contribution is 7.89. The van der Waals surface area contributed by atoms with Gasteiger partial charge in [0, 0.05) is 35.8 Å². The summed E-state index contributed by atoms with van der Waals surface area (Å²) >= 11 is 0. The Morgan fingerprint density at radius 1 is 1.12 bits per heavy atom. The number of hydrogen-bond acceptors (Lipinski definition) is 6. The quantitative estimate of drug-likeness (QED) is 0.608. The lowest BCUT2D eigenvalue weighted by Gasteiger charge is -2.34. The van der Waals surface area contributed by atoms with E-state index in [1.165, 1.54) is 16.4 Å². The van der Waals surface area contributed by atoms with Gasteiger partial charge in [0.05, 0.1) is 36.9 Å². The van der Waals surface area contributed by atoms with Gasteiger partial charge in [-0.3, -0.25) is 4.79 Å². The molecule has 8 nitrogen and oxygen atoms in total. The number of sulfonamides is 1. The van der Waals surface area contributed by atoms with Crippen LogP contribution in [0.1, 0.15) is 19.4 Å². The maximum absolute atomic E-state index is 13.0. The Bertz CT molecular complexity index is 1210. The summed E-state index contributed by atoms with van der Waals surface area (Å²) < 4.78 is 43.7. The Morgan fingerprint density at radius 3 is 2.47 bits per heavy atom. The number of benzene rings is 2. The first-order valence-electron chi connectivity index (χ1n) is 10.4. The summed E-state index contributed by atoms with van der Waals surface area (Å²) in [6.45, 7) is 4.35. The second-order valence-corrected chi connectivity index (χ2v) is 9.89. The predicted molar refractivity (Wildman–Crippen MR) is 120 cm³/mol. The predicted octanol–water partition coefficient (Wildman–Crippen LogP) is 3.42. The van der Waals surface area contributed by atoms with Gasteiger partial charge in [-0.05, 0) is 50.2 Å². The van der Waals surface area contributed by atoms with Crippen LogP contribution in [0.5, 0.6) is 5.75 Å². The van der Waals surface area contributed by atoms with E-state index in [1.807, 2.05) is 26.0 Å². The van der Waals surface area contributed by atoms with Crippen molar-refractivity contribution in [1.29, 1.82) is 0 Å². The molecule has 32 heavy (non-hydrogen) atoms. The minimum atomic E-state index is -3.63. The zero-order chi connectivity index (χ0) is 22.9. The van der Waals surface area contributed by atoms with Crippen molar-refractivity contribution < 1.29 is 27.1 Å². The van der Waals surface area contributed by atoms with Gasteiger partial charge in [-0.2, -0.15) is 4.31 Å². The Kier molecular flexibility index (Phi) is 6.23. The van der Waals surface area contributed by atoms with Crippen LogP contribution in [-0.4, -0.2) is 51.0 Å². The molecule has 1 saturated heterocycles. The third kappa shape index (κ3) is 4.64. The van der Waals surface area contributed by atoms with Gasteiger partial charge in [0.25, 0.3) is 0 Å². The Hall–Kier alpha value is -2.88. The molecule has 1 fully saturated rings. The third-order valence-electron chi connectivity index (χ3n) is 5.38. The van der Waals surface area contributed by atoms with E-state index < -0.39 is 10.0 Å². The smallest absolute Gasteiger partial charge is 0.243 e. The van der Waals surface area contributed by atoms with Crippen LogP contribution in [0.3, 0.4) is 0 Å². The highest BCUT2D eigenvalue weighted by Crippen LogP contribution is 2.26. The molecule has 1 aromatic heterocycles. The fraction of sp³-hybridized carbons (Fsp3) is 0.348. The minimum Gasteiger partial charge on any atom is -0.497 e. The van der Waals surface area contributed by atoms with Gasteiger partial charge in [-0.1, -0.05) is 0 Å². The molecule has 2 atom stereocenters. The van der Waals surface area contributed by atoms with Gasteiger partial charge in [0.2, 0.25) is 15.9 Å². The van der Waals surface area contributed by atoms with Crippen molar-refractivity contribution in [3.63, 3.8) is 0 Å². The number of hydrogen-bond donors (Lipinski definition) is 1. The molecule has 0 spiro atoms. The van der Waals surface area contributed by atoms with Crippen molar-refractivity contribution >= 4 is 32.6 Å². The number of rotatable bonds is 6. The van der Waals surface area contributed by atoms with Crippen LogP contribution in [0.2, 0.25) is 0 Å². The third-order valence-corrected chi connectivity index (χ3v) is 7.22. The number of amides is 1. The second kappa shape index (κ2) is 8.93. The molecule has 1 amide bonds. The van der Waals surface area contributed by atoms with Gasteiger partial charge in [0.1, 0.15) is 11.3 Å². The Labute approximate surface area is 187 Å². The monoisotopic (exact) mass is 458 g/mol. The summed E-state index contributed by atoms with van der Waals surface area (Å²) in [5.41, 5.74) is 1.93. The zero-order valence-corrected chi connectivity index (χ0v) is 19.0. The van der Waals surface area contributed by atoms with Crippen molar-refractivity contribution in [3.8, 4) is 5.75 Å². The van der Waals surface area contributed by atoms with E-state index in [4.69, 9.17) is 13.9 Å². The highest BCUT2D eigenvalue weighted by atomic mass is 32.2. The molecule has 0 saturated carbocycles. The number of nitrogens with one attached hydrogen (secondary N) is 1. The van der Waals surface area contributed by atoms with Crippen LogP contribution in [0.15, 0.2) is 58.0 Å². The molecule has 4 rings (SSSR count). The molecular weight excluding hydrogens is 432 g/mol. The summed E-state index contributed by atoms with van der Waals surface area (Å²) in [5.74, 6) is 0.453. The van der Waals surface area contributed by atoms with Gasteiger partial charge in [-0.25, -0.2) is 8.42 Å². The topological polar surface area (TPSA) is 98.1 Å². The van der Waals surface area contributed by atoms with Crippen molar-refractivity contribution in [2.75, 3.05) is 25.5 Å². The van der Waals surface area contributed by atoms with E-state index in [0.717, 1.165) is 10.9 Å².